The Labute approximate surface area is 165 Å². The average molecular weight is 412 g/mol. The van der Waals surface area contributed by atoms with Crippen molar-refractivity contribution in [2.45, 2.75) is 6.36 Å². The summed E-state index contributed by atoms with van der Waals surface area (Å²) in [5, 5.41) is 2.49. The molecule has 29 heavy (non-hydrogen) atoms. The maximum Gasteiger partial charge on any atom is 0.573 e. The first kappa shape index (κ1) is 21.9. The van der Waals surface area contributed by atoms with Gasteiger partial charge in [-0.25, -0.2) is 0 Å². The third kappa shape index (κ3) is 6.30. The predicted octanol–water partition coefficient (Wildman–Crippen LogP) is 3.31. The molecule has 0 heterocycles. The van der Waals surface area contributed by atoms with Gasteiger partial charge in [0.05, 0.1) is 26.3 Å². The molecule has 2 aromatic rings. The molecule has 10 heteroatoms. The normalized spacial score (nSPS) is 10.8. The van der Waals surface area contributed by atoms with Crippen molar-refractivity contribution in [1.82, 2.24) is 4.90 Å². The first-order valence-electron chi connectivity index (χ1n) is 8.26. The Morgan fingerprint density at radius 2 is 1.62 bits per heavy atom. The highest BCUT2D eigenvalue weighted by Crippen LogP contribution is 2.26. The maximum atomic E-state index is 12.6. The number of ether oxygens (including phenoxy) is 3. The van der Waals surface area contributed by atoms with E-state index in [1.54, 1.807) is 12.1 Å². The molecule has 0 aliphatic carbocycles. The third-order valence-electron chi connectivity index (χ3n) is 3.74. The summed E-state index contributed by atoms with van der Waals surface area (Å²) in [6.45, 7) is -0.292. The van der Waals surface area contributed by atoms with Crippen molar-refractivity contribution in [3.63, 3.8) is 0 Å². The standard InChI is InChI=1S/C19H19F3N2O5/c1-24(18(26)15-10-14(27-2)8-9-16(15)28-3)11-17(25)23-12-4-6-13(7-5-12)29-19(20,21)22/h4-10H,11H2,1-3H3,(H,23,25). The van der Waals surface area contributed by atoms with Crippen molar-refractivity contribution >= 4 is 17.5 Å². The van der Waals surface area contributed by atoms with Gasteiger partial charge in [-0.3, -0.25) is 9.59 Å². The van der Waals surface area contributed by atoms with Gasteiger partial charge in [-0.15, -0.1) is 13.2 Å². The number of rotatable bonds is 7. The van der Waals surface area contributed by atoms with Crippen LogP contribution in [-0.4, -0.2) is 50.9 Å². The van der Waals surface area contributed by atoms with Crippen LogP contribution in [0.5, 0.6) is 17.2 Å². The van der Waals surface area contributed by atoms with Crippen LogP contribution in [0.15, 0.2) is 42.5 Å². The quantitative estimate of drug-likeness (QED) is 0.755. The molecule has 7 nitrogen and oxygen atoms in total. The van der Waals surface area contributed by atoms with Crippen molar-refractivity contribution in [2.24, 2.45) is 0 Å². The van der Waals surface area contributed by atoms with Crippen LogP contribution in [-0.2, 0) is 4.79 Å². The monoisotopic (exact) mass is 412 g/mol. The van der Waals surface area contributed by atoms with Gasteiger partial charge < -0.3 is 24.4 Å². The molecule has 0 aliphatic rings. The van der Waals surface area contributed by atoms with Crippen LogP contribution in [0, 0.1) is 0 Å². The molecule has 2 aromatic carbocycles. The van der Waals surface area contributed by atoms with E-state index in [1.807, 2.05) is 0 Å². The van der Waals surface area contributed by atoms with E-state index < -0.39 is 23.9 Å². The number of halogens is 3. The van der Waals surface area contributed by atoms with Crippen LogP contribution in [0.4, 0.5) is 18.9 Å². The number of carbonyl (C=O) groups is 2. The van der Waals surface area contributed by atoms with Crippen LogP contribution < -0.4 is 19.5 Å². The van der Waals surface area contributed by atoms with E-state index in [1.165, 1.54) is 44.4 Å². The molecule has 0 aromatic heterocycles. The summed E-state index contributed by atoms with van der Waals surface area (Å²) in [6, 6.07) is 9.35. The van der Waals surface area contributed by atoms with Crippen molar-refractivity contribution in [3.8, 4) is 17.2 Å². The molecule has 0 radical (unpaired) electrons. The molecular formula is C19H19F3N2O5. The lowest BCUT2D eigenvalue weighted by Crippen LogP contribution is -2.35. The Bertz CT molecular complexity index is 869. The minimum absolute atomic E-state index is 0.218. The zero-order valence-electron chi connectivity index (χ0n) is 15.9. The lowest BCUT2D eigenvalue weighted by Gasteiger charge is -2.19. The number of carbonyl (C=O) groups excluding carboxylic acids is 2. The molecule has 0 unspecified atom stereocenters. The number of likely N-dealkylation sites (N-methyl/N-ethyl adjacent to an activating group) is 1. The average Bonchev–Trinajstić information content (AvgIpc) is 2.67. The minimum Gasteiger partial charge on any atom is -0.497 e. The van der Waals surface area contributed by atoms with Crippen LogP contribution >= 0.6 is 0 Å². The van der Waals surface area contributed by atoms with E-state index in [-0.39, 0.29) is 17.8 Å². The zero-order valence-corrected chi connectivity index (χ0v) is 15.9. The second-order valence-electron chi connectivity index (χ2n) is 5.85. The lowest BCUT2D eigenvalue weighted by atomic mass is 10.1. The summed E-state index contributed by atoms with van der Waals surface area (Å²) < 4.78 is 50.5. The Balaban J connectivity index is 2.01. The topological polar surface area (TPSA) is 77.1 Å². The summed E-state index contributed by atoms with van der Waals surface area (Å²) in [7, 11) is 4.30. The first-order chi connectivity index (χ1) is 13.6. The lowest BCUT2D eigenvalue weighted by molar-refractivity contribution is -0.274. The van der Waals surface area contributed by atoms with Gasteiger partial charge in [0, 0.05) is 12.7 Å². The minimum atomic E-state index is -4.80. The van der Waals surface area contributed by atoms with Gasteiger partial charge in [0.1, 0.15) is 17.2 Å². The van der Waals surface area contributed by atoms with Crippen molar-refractivity contribution < 1.29 is 37.0 Å². The maximum absolute atomic E-state index is 12.6. The predicted molar refractivity (Wildman–Crippen MR) is 98.3 cm³/mol. The molecule has 0 saturated carbocycles. The number of alkyl halides is 3. The molecule has 156 valence electrons. The second kappa shape index (κ2) is 9.18. The number of nitrogens with zero attached hydrogens (tertiary/aromatic N) is 1. The summed E-state index contributed by atoms with van der Waals surface area (Å²) in [5.41, 5.74) is 0.472. The van der Waals surface area contributed by atoms with Gasteiger partial charge in [-0.1, -0.05) is 0 Å². The van der Waals surface area contributed by atoms with E-state index in [2.05, 4.69) is 10.1 Å². The van der Waals surface area contributed by atoms with Crippen LogP contribution in [0.1, 0.15) is 10.4 Å². The summed E-state index contributed by atoms with van der Waals surface area (Å²) in [4.78, 5) is 26.0. The Morgan fingerprint density at radius 1 is 1.00 bits per heavy atom. The van der Waals surface area contributed by atoms with Gasteiger partial charge >= 0.3 is 6.36 Å². The molecule has 0 spiro atoms. The number of anilines is 1. The van der Waals surface area contributed by atoms with E-state index >= 15 is 0 Å². The SMILES string of the molecule is COc1ccc(OC)c(C(=O)N(C)CC(=O)Nc2ccc(OC(F)(F)F)cc2)c1. The van der Waals surface area contributed by atoms with Crippen LogP contribution in [0.25, 0.3) is 0 Å². The molecule has 0 atom stereocenters. The van der Waals surface area contributed by atoms with Crippen LogP contribution in [0.3, 0.4) is 0 Å². The molecule has 2 rings (SSSR count). The third-order valence-corrected chi connectivity index (χ3v) is 3.74. The summed E-state index contributed by atoms with van der Waals surface area (Å²) in [6.07, 6.45) is -4.80. The highest BCUT2D eigenvalue weighted by molar-refractivity contribution is 6.01. The molecule has 1 N–H and O–H groups in total. The van der Waals surface area contributed by atoms with Gasteiger partial charge in [-0.2, -0.15) is 0 Å². The number of benzene rings is 2. The largest absolute Gasteiger partial charge is 0.573 e. The summed E-state index contributed by atoms with van der Waals surface area (Å²) >= 11 is 0. The Morgan fingerprint density at radius 3 is 2.17 bits per heavy atom. The van der Waals surface area contributed by atoms with E-state index in [0.29, 0.717) is 11.5 Å². The molecule has 2 amide bonds. The van der Waals surface area contributed by atoms with E-state index in [9.17, 15) is 22.8 Å². The smallest absolute Gasteiger partial charge is 0.497 e. The number of hydrogen-bond donors (Lipinski definition) is 1. The van der Waals surface area contributed by atoms with Gasteiger partial charge in [0.2, 0.25) is 5.91 Å². The number of methoxy groups -OCH3 is 2. The van der Waals surface area contributed by atoms with Crippen LogP contribution in [0.2, 0.25) is 0 Å². The van der Waals surface area contributed by atoms with Gasteiger partial charge in [0.15, 0.2) is 0 Å². The fourth-order valence-corrected chi connectivity index (χ4v) is 2.41. The van der Waals surface area contributed by atoms with E-state index in [4.69, 9.17) is 9.47 Å². The number of hydrogen-bond acceptors (Lipinski definition) is 5. The van der Waals surface area contributed by atoms with Gasteiger partial charge in [0.25, 0.3) is 5.91 Å². The second-order valence-corrected chi connectivity index (χ2v) is 5.85. The fraction of sp³-hybridized carbons (Fsp3) is 0.263. The number of nitrogens with one attached hydrogen (secondary N) is 1. The molecule has 0 fully saturated rings. The van der Waals surface area contributed by atoms with Crippen molar-refractivity contribution in [2.75, 3.05) is 33.1 Å². The molecular weight excluding hydrogens is 393 g/mol. The molecule has 0 aliphatic heterocycles. The van der Waals surface area contributed by atoms with E-state index in [0.717, 1.165) is 12.1 Å². The Kier molecular flexibility index (Phi) is 6.92. The summed E-state index contributed by atoms with van der Waals surface area (Å²) in [5.74, 6) is -0.638. The molecule has 0 bridgehead atoms. The highest BCUT2D eigenvalue weighted by atomic mass is 19.4. The van der Waals surface area contributed by atoms with Crippen molar-refractivity contribution in [1.29, 1.82) is 0 Å². The first-order valence-corrected chi connectivity index (χ1v) is 8.26. The fourth-order valence-electron chi connectivity index (χ4n) is 2.41. The zero-order chi connectivity index (χ0) is 21.6. The van der Waals surface area contributed by atoms with Crippen molar-refractivity contribution in [3.05, 3.63) is 48.0 Å². The number of amides is 2. The Hall–Kier alpha value is -3.43. The van der Waals surface area contributed by atoms with Gasteiger partial charge in [-0.05, 0) is 42.5 Å². The highest BCUT2D eigenvalue weighted by Gasteiger charge is 2.31. The molecule has 0 saturated heterocycles.